The molecule has 0 spiro atoms. The molecular formula is C30H44N8O6. The zero-order valence-electron chi connectivity index (χ0n) is 26.3. The molecule has 3 rings (SSSR count). The van der Waals surface area contributed by atoms with Crippen LogP contribution in [0.1, 0.15) is 70.9 Å². The third-order valence-electron chi connectivity index (χ3n) is 7.70. The van der Waals surface area contributed by atoms with Gasteiger partial charge in [0.1, 0.15) is 29.4 Å². The quantitative estimate of drug-likeness (QED) is 0.185. The highest BCUT2D eigenvalue weighted by atomic mass is 16.5. The molecule has 4 atom stereocenters. The smallest absolute Gasteiger partial charge is 0.407 e. The van der Waals surface area contributed by atoms with Crippen LogP contribution in [0.15, 0.2) is 23.5 Å². The Balaban J connectivity index is 1.64. The average molecular weight is 613 g/mol. The standard InChI is InChI=1S/C30H44N8O6/c1-18(2)23(35-29(41)43-5)27(39)37-15-9-12-21(37)25(31)32-14-8-7-11-20-17-33-26(34-20)22-13-10-16-38(22)28(40)24(19(3)4)36-30(42)44-6/h8,14,17-19,21-24H,9-10,12-13,15-16H2,1-6H3,(H2,31,32)(H,33,34)(H,35,41)(H,36,42)/b14-8+/t21-,22-,23?,24-/m0/s1. The van der Waals surface area contributed by atoms with Gasteiger partial charge in [0.05, 0.1) is 32.5 Å². The van der Waals surface area contributed by atoms with Crippen molar-refractivity contribution in [3.63, 3.8) is 0 Å². The molecule has 14 heteroatoms. The molecule has 0 aliphatic carbocycles. The molecule has 44 heavy (non-hydrogen) atoms. The normalized spacial score (nSPS) is 20.0. The molecular weight excluding hydrogens is 568 g/mol. The van der Waals surface area contributed by atoms with E-state index in [-0.39, 0.29) is 41.6 Å². The maximum absolute atomic E-state index is 13.3. The van der Waals surface area contributed by atoms with Gasteiger partial charge < -0.3 is 40.6 Å². The molecule has 2 aliphatic rings. The number of allylic oxidation sites excluding steroid dienone is 1. The van der Waals surface area contributed by atoms with Crippen molar-refractivity contribution in [2.24, 2.45) is 22.6 Å². The molecule has 4 amide bonds. The number of aromatic nitrogens is 2. The maximum atomic E-state index is 13.3. The van der Waals surface area contributed by atoms with Gasteiger partial charge in [-0.3, -0.25) is 9.59 Å². The molecule has 3 heterocycles. The molecule has 2 aliphatic heterocycles. The lowest BCUT2D eigenvalue weighted by molar-refractivity contribution is -0.135. The SMILES string of the molecule is COC(=O)NC(C(=O)N1CCC[C@H]1/C(N)=N/C=C/C#Cc1cnc([C@@H]2CCCN2C(=O)[C@@H](NC(=O)OC)C(C)C)[nH]1)C(C)C. The number of hydrogen-bond donors (Lipinski definition) is 4. The highest BCUT2D eigenvalue weighted by Gasteiger charge is 2.38. The van der Waals surface area contributed by atoms with Crippen LogP contribution in [0.4, 0.5) is 9.59 Å². The van der Waals surface area contributed by atoms with Crippen molar-refractivity contribution in [2.75, 3.05) is 27.3 Å². The molecule has 1 aromatic rings. The number of nitrogens with one attached hydrogen (secondary N) is 3. The van der Waals surface area contributed by atoms with Gasteiger partial charge in [-0.2, -0.15) is 0 Å². The number of nitrogens with two attached hydrogens (primary N) is 1. The Morgan fingerprint density at radius 3 is 2.16 bits per heavy atom. The van der Waals surface area contributed by atoms with E-state index in [0.717, 1.165) is 19.3 Å². The van der Waals surface area contributed by atoms with Crippen LogP contribution in [0, 0.1) is 23.7 Å². The number of methoxy groups -OCH3 is 2. The van der Waals surface area contributed by atoms with Crippen molar-refractivity contribution >= 4 is 29.8 Å². The molecule has 0 bridgehead atoms. The number of H-pyrrole nitrogens is 1. The van der Waals surface area contributed by atoms with Gasteiger partial charge in [-0.1, -0.05) is 33.6 Å². The number of rotatable bonds is 9. The summed E-state index contributed by atoms with van der Waals surface area (Å²) >= 11 is 0. The molecule has 0 aromatic carbocycles. The second kappa shape index (κ2) is 15.8. The zero-order valence-corrected chi connectivity index (χ0v) is 26.3. The Morgan fingerprint density at radius 2 is 1.57 bits per heavy atom. The highest BCUT2D eigenvalue weighted by molar-refractivity contribution is 5.94. The van der Waals surface area contributed by atoms with Gasteiger partial charge in [-0.05, 0) is 43.4 Å². The van der Waals surface area contributed by atoms with Crippen molar-refractivity contribution in [1.82, 2.24) is 30.4 Å². The van der Waals surface area contributed by atoms with E-state index >= 15 is 0 Å². The third kappa shape index (κ3) is 8.52. The van der Waals surface area contributed by atoms with Crippen LogP contribution in [0.2, 0.25) is 0 Å². The van der Waals surface area contributed by atoms with Crippen molar-refractivity contribution in [3.8, 4) is 11.8 Å². The molecule has 0 radical (unpaired) electrons. The molecule has 5 N–H and O–H groups in total. The number of aromatic amines is 1. The Labute approximate surface area is 258 Å². The van der Waals surface area contributed by atoms with Crippen LogP contribution >= 0.6 is 0 Å². The topological polar surface area (TPSA) is 184 Å². The van der Waals surface area contributed by atoms with E-state index < -0.39 is 24.3 Å². The minimum atomic E-state index is -0.737. The third-order valence-corrected chi connectivity index (χ3v) is 7.70. The number of aliphatic imine (C=N–C) groups is 1. The number of ether oxygens (including phenoxy) is 2. The van der Waals surface area contributed by atoms with Gasteiger partial charge in [0, 0.05) is 25.4 Å². The fourth-order valence-corrected chi connectivity index (χ4v) is 5.34. The summed E-state index contributed by atoms with van der Waals surface area (Å²) in [6.07, 6.45) is 6.30. The summed E-state index contributed by atoms with van der Waals surface area (Å²) in [6.45, 7) is 8.51. The van der Waals surface area contributed by atoms with Gasteiger partial charge in [-0.15, -0.1) is 0 Å². The van der Waals surface area contributed by atoms with Crippen molar-refractivity contribution in [2.45, 2.75) is 77.5 Å². The van der Waals surface area contributed by atoms with Crippen LogP contribution in [0.25, 0.3) is 0 Å². The van der Waals surface area contributed by atoms with Gasteiger partial charge >= 0.3 is 12.2 Å². The van der Waals surface area contributed by atoms with Crippen molar-refractivity contribution in [1.29, 1.82) is 0 Å². The number of imidazole rings is 1. The number of amidine groups is 1. The van der Waals surface area contributed by atoms with Gasteiger partial charge in [-0.25, -0.2) is 19.6 Å². The lowest BCUT2D eigenvalue weighted by Crippen LogP contribution is -2.54. The number of amides is 4. The lowest BCUT2D eigenvalue weighted by Gasteiger charge is -2.30. The van der Waals surface area contributed by atoms with E-state index in [9.17, 15) is 19.2 Å². The van der Waals surface area contributed by atoms with Gasteiger partial charge in [0.25, 0.3) is 0 Å². The van der Waals surface area contributed by atoms with E-state index in [0.29, 0.717) is 31.0 Å². The van der Waals surface area contributed by atoms with Gasteiger partial charge in [0.2, 0.25) is 11.8 Å². The predicted molar refractivity (Wildman–Crippen MR) is 163 cm³/mol. The second-order valence-electron chi connectivity index (χ2n) is 11.4. The summed E-state index contributed by atoms with van der Waals surface area (Å²) < 4.78 is 9.36. The summed E-state index contributed by atoms with van der Waals surface area (Å²) in [6, 6.07) is -2.09. The minimum Gasteiger partial charge on any atom is -0.453 e. The summed E-state index contributed by atoms with van der Waals surface area (Å²) in [5, 5.41) is 5.25. The first-order chi connectivity index (χ1) is 21.0. The largest absolute Gasteiger partial charge is 0.453 e. The predicted octanol–water partition coefficient (Wildman–Crippen LogP) is 2.05. The van der Waals surface area contributed by atoms with E-state index in [1.54, 1.807) is 22.1 Å². The first-order valence-electron chi connectivity index (χ1n) is 14.8. The molecule has 14 nitrogen and oxygen atoms in total. The Bertz CT molecular complexity index is 1310. The van der Waals surface area contributed by atoms with Gasteiger partial charge in [0.15, 0.2) is 0 Å². The number of carbonyl (C=O) groups excluding carboxylic acids is 4. The fraction of sp³-hybridized carbons (Fsp3) is 0.600. The number of alkyl carbamates (subject to hydrolysis) is 2. The first kappa shape index (κ1) is 34.0. The second-order valence-corrected chi connectivity index (χ2v) is 11.4. The molecule has 1 unspecified atom stereocenters. The van der Waals surface area contributed by atoms with E-state index in [1.165, 1.54) is 20.4 Å². The average Bonchev–Trinajstić information content (AvgIpc) is 3.78. The molecule has 0 saturated carbocycles. The molecule has 2 fully saturated rings. The Morgan fingerprint density at radius 1 is 1.00 bits per heavy atom. The summed E-state index contributed by atoms with van der Waals surface area (Å²) in [5.74, 6) is 6.09. The summed E-state index contributed by atoms with van der Waals surface area (Å²) in [4.78, 5) is 65.4. The number of likely N-dealkylation sites (tertiary alicyclic amines) is 2. The van der Waals surface area contributed by atoms with Crippen molar-refractivity contribution < 1.29 is 28.7 Å². The zero-order chi connectivity index (χ0) is 32.4. The van der Waals surface area contributed by atoms with Crippen LogP contribution in [0.3, 0.4) is 0 Å². The highest BCUT2D eigenvalue weighted by Crippen LogP contribution is 2.31. The summed E-state index contributed by atoms with van der Waals surface area (Å²) in [7, 11) is 2.52. The number of hydrogen-bond acceptors (Lipinski definition) is 8. The molecule has 240 valence electrons. The van der Waals surface area contributed by atoms with Crippen LogP contribution in [-0.2, 0) is 19.1 Å². The summed E-state index contributed by atoms with van der Waals surface area (Å²) in [5.41, 5.74) is 6.82. The van der Waals surface area contributed by atoms with Crippen LogP contribution < -0.4 is 16.4 Å². The Kier molecular flexibility index (Phi) is 12.2. The molecule has 1 aromatic heterocycles. The fourth-order valence-electron chi connectivity index (χ4n) is 5.34. The monoisotopic (exact) mass is 612 g/mol. The number of nitrogens with zero attached hydrogens (tertiary/aromatic N) is 4. The molecule has 2 saturated heterocycles. The lowest BCUT2D eigenvalue weighted by atomic mass is 10.0. The van der Waals surface area contributed by atoms with Crippen LogP contribution in [-0.4, -0.2) is 95.0 Å². The maximum Gasteiger partial charge on any atom is 0.407 e. The Hall–Kier alpha value is -4.54. The van der Waals surface area contributed by atoms with E-state index in [1.807, 2.05) is 27.7 Å². The first-order valence-corrected chi connectivity index (χ1v) is 14.8. The van der Waals surface area contributed by atoms with Crippen LogP contribution in [0.5, 0.6) is 0 Å². The van der Waals surface area contributed by atoms with Crippen molar-refractivity contribution in [3.05, 3.63) is 30.0 Å². The minimum absolute atomic E-state index is 0.123. The van der Waals surface area contributed by atoms with E-state index in [4.69, 9.17) is 10.5 Å². The number of carbonyl (C=O) groups is 4. The van der Waals surface area contributed by atoms with E-state index in [2.05, 4.69) is 42.2 Å².